The maximum Gasteiger partial charge on any atom is 0.315 e. The lowest BCUT2D eigenvalue weighted by Gasteiger charge is -2.01. The molecular formula is C11H8F2O3. The lowest BCUT2D eigenvalue weighted by molar-refractivity contribution is -0.135. The van der Waals surface area contributed by atoms with Gasteiger partial charge in [0.15, 0.2) is 0 Å². The summed E-state index contributed by atoms with van der Waals surface area (Å²) in [5, 5.41) is 16.9. The minimum atomic E-state index is -1.11. The Labute approximate surface area is 90.3 Å². The second kappa shape index (κ2) is 5.24. The minimum Gasteiger partial charge on any atom is -0.481 e. The van der Waals surface area contributed by atoms with E-state index in [2.05, 4.69) is 11.8 Å². The molecule has 0 bridgehead atoms. The topological polar surface area (TPSA) is 57.5 Å². The Morgan fingerprint density at radius 1 is 1.31 bits per heavy atom. The highest BCUT2D eigenvalue weighted by Crippen LogP contribution is 2.14. The van der Waals surface area contributed by atoms with Crippen molar-refractivity contribution in [2.24, 2.45) is 0 Å². The molecule has 0 aromatic heterocycles. The van der Waals surface area contributed by atoms with Crippen LogP contribution in [0.4, 0.5) is 8.78 Å². The molecule has 0 saturated carbocycles. The number of hydrogen-bond acceptors (Lipinski definition) is 2. The number of aliphatic carboxylic acids is 1. The van der Waals surface area contributed by atoms with E-state index < -0.39 is 36.2 Å². The lowest BCUT2D eigenvalue weighted by atomic mass is 10.1. The SMILES string of the molecule is O=C(O)CC#Cc1cc(F)c(CO)c(F)c1. The molecule has 0 saturated heterocycles. The molecule has 84 valence electrons. The molecule has 1 aromatic rings. The van der Waals surface area contributed by atoms with Crippen LogP contribution in [0.2, 0.25) is 0 Å². The largest absolute Gasteiger partial charge is 0.481 e. The molecule has 0 aliphatic rings. The van der Waals surface area contributed by atoms with E-state index in [1.165, 1.54) is 0 Å². The molecule has 0 atom stereocenters. The second-order valence-electron chi connectivity index (χ2n) is 2.95. The summed E-state index contributed by atoms with van der Waals surface area (Å²) in [6, 6.07) is 1.90. The van der Waals surface area contributed by atoms with Crippen molar-refractivity contribution < 1.29 is 23.8 Å². The maximum absolute atomic E-state index is 13.1. The summed E-state index contributed by atoms with van der Waals surface area (Å²) >= 11 is 0. The molecule has 0 aliphatic carbocycles. The van der Waals surface area contributed by atoms with Gasteiger partial charge in [0.2, 0.25) is 0 Å². The van der Waals surface area contributed by atoms with Gasteiger partial charge in [-0.25, -0.2) is 8.78 Å². The molecule has 3 nitrogen and oxygen atoms in total. The van der Waals surface area contributed by atoms with Crippen LogP contribution in [-0.4, -0.2) is 16.2 Å². The van der Waals surface area contributed by atoms with Gasteiger partial charge in [-0.1, -0.05) is 11.8 Å². The summed E-state index contributed by atoms with van der Waals surface area (Å²) in [6.45, 7) is -0.736. The van der Waals surface area contributed by atoms with E-state index in [1.54, 1.807) is 0 Å². The van der Waals surface area contributed by atoms with E-state index in [0.717, 1.165) is 12.1 Å². The van der Waals surface area contributed by atoms with Gasteiger partial charge in [-0.2, -0.15) is 0 Å². The van der Waals surface area contributed by atoms with Gasteiger partial charge in [0.25, 0.3) is 0 Å². The first-order valence-electron chi connectivity index (χ1n) is 4.34. The minimum absolute atomic E-state index is 0.0356. The highest BCUT2D eigenvalue weighted by atomic mass is 19.1. The highest BCUT2D eigenvalue weighted by molar-refractivity contribution is 5.70. The average Bonchev–Trinajstić information content (AvgIpc) is 2.16. The summed E-state index contributed by atoms with van der Waals surface area (Å²) < 4.78 is 26.2. The Morgan fingerprint density at radius 2 is 1.88 bits per heavy atom. The van der Waals surface area contributed by atoms with Crippen LogP contribution in [-0.2, 0) is 11.4 Å². The van der Waals surface area contributed by atoms with E-state index in [1.807, 2.05) is 0 Å². The number of halogens is 2. The quantitative estimate of drug-likeness (QED) is 0.747. The number of hydrogen-bond donors (Lipinski definition) is 2. The smallest absolute Gasteiger partial charge is 0.315 e. The van der Waals surface area contributed by atoms with Gasteiger partial charge in [0, 0.05) is 11.1 Å². The van der Waals surface area contributed by atoms with Crippen LogP contribution in [0.5, 0.6) is 0 Å². The summed E-state index contributed by atoms with van der Waals surface area (Å²) in [6.07, 6.45) is -0.398. The van der Waals surface area contributed by atoms with Crippen LogP contribution in [0.25, 0.3) is 0 Å². The van der Waals surface area contributed by atoms with Crippen LogP contribution < -0.4 is 0 Å². The molecule has 0 radical (unpaired) electrons. The van der Waals surface area contributed by atoms with E-state index in [4.69, 9.17) is 10.2 Å². The summed E-state index contributed by atoms with van der Waals surface area (Å²) in [7, 11) is 0. The number of benzene rings is 1. The van der Waals surface area contributed by atoms with Gasteiger partial charge < -0.3 is 10.2 Å². The lowest BCUT2D eigenvalue weighted by Crippen LogP contribution is -1.96. The summed E-state index contributed by atoms with van der Waals surface area (Å²) in [5.74, 6) is 1.65. The first kappa shape index (κ1) is 12.1. The van der Waals surface area contributed by atoms with Crippen molar-refractivity contribution in [3.05, 3.63) is 34.9 Å². The van der Waals surface area contributed by atoms with Gasteiger partial charge in [-0.05, 0) is 12.1 Å². The number of carboxylic acid groups (broad SMARTS) is 1. The van der Waals surface area contributed by atoms with Gasteiger partial charge in [0.1, 0.15) is 18.1 Å². The molecule has 0 spiro atoms. The molecule has 16 heavy (non-hydrogen) atoms. The predicted molar refractivity (Wildman–Crippen MR) is 51.4 cm³/mol. The Hall–Kier alpha value is -1.93. The maximum atomic E-state index is 13.1. The molecule has 2 N–H and O–H groups in total. The Balaban J connectivity index is 2.98. The zero-order valence-corrected chi connectivity index (χ0v) is 8.13. The van der Waals surface area contributed by atoms with Crippen molar-refractivity contribution in [2.45, 2.75) is 13.0 Å². The summed E-state index contributed by atoms with van der Waals surface area (Å²) in [5.41, 5.74) is -0.391. The molecule has 0 aliphatic heterocycles. The third-order valence-corrected chi connectivity index (χ3v) is 1.77. The zero-order valence-electron chi connectivity index (χ0n) is 8.13. The first-order chi connectivity index (χ1) is 7.54. The number of rotatable bonds is 2. The average molecular weight is 226 g/mol. The van der Waals surface area contributed by atoms with Crippen molar-refractivity contribution in [2.75, 3.05) is 0 Å². The van der Waals surface area contributed by atoms with Crippen molar-refractivity contribution >= 4 is 5.97 Å². The fraction of sp³-hybridized carbons (Fsp3) is 0.182. The highest BCUT2D eigenvalue weighted by Gasteiger charge is 2.08. The predicted octanol–water partition coefficient (Wildman–Crippen LogP) is 1.28. The van der Waals surface area contributed by atoms with E-state index >= 15 is 0 Å². The van der Waals surface area contributed by atoms with Crippen molar-refractivity contribution in [1.29, 1.82) is 0 Å². The van der Waals surface area contributed by atoms with Crippen molar-refractivity contribution in [3.63, 3.8) is 0 Å². The number of carbonyl (C=O) groups is 1. The Morgan fingerprint density at radius 3 is 2.31 bits per heavy atom. The van der Waals surface area contributed by atoms with Gasteiger partial charge in [-0.3, -0.25) is 4.79 Å². The van der Waals surface area contributed by atoms with E-state index in [9.17, 15) is 13.6 Å². The Kier molecular flexibility index (Phi) is 3.97. The molecule has 0 fully saturated rings. The molecule has 1 rings (SSSR count). The fourth-order valence-corrected chi connectivity index (χ4v) is 1.05. The zero-order chi connectivity index (χ0) is 12.1. The van der Waals surface area contributed by atoms with Crippen molar-refractivity contribution in [1.82, 2.24) is 0 Å². The van der Waals surface area contributed by atoms with Crippen LogP contribution in [0.3, 0.4) is 0 Å². The standard InChI is InChI=1S/C11H8F2O3/c12-9-4-7(2-1-3-11(15)16)5-10(13)8(9)6-14/h4-5,14H,3,6H2,(H,15,16). The third kappa shape index (κ3) is 3.04. The normalized spacial score (nSPS) is 9.44. The number of carboxylic acids is 1. The summed E-state index contributed by atoms with van der Waals surface area (Å²) in [4.78, 5) is 10.1. The van der Waals surface area contributed by atoms with Crippen LogP contribution in [0.1, 0.15) is 17.5 Å². The number of aliphatic hydroxyl groups excluding tert-OH is 1. The molecule has 0 unspecified atom stereocenters. The van der Waals surface area contributed by atoms with Crippen LogP contribution in [0, 0.1) is 23.5 Å². The number of aliphatic hydroxyl groups is 1. The molecule has 0 heterocycles. The van der Waals surface area contributed by atoms with E-state index in [0.29, 0.717) is 0 Å². The second-order valence-corrected chi connectivity index (χ2v) is 2.95. The molecular weight excluding hydrogens is 218 g/mol. The Bertz CT molecular complexity index is 449. The van der Waals surface area contributed by atoms with Crippen molar-refractivity contribution in [3.8, 4) is 11.8 Å². The van der Waals surface area contributed by atoms with Crippen LogP contribution >= 0.6 is 0 Å². The van der Waals surface area contributed by atoms with Gasteiger partial charge in [0.05, 0.1) is 6.61 Å². The van der Waals surface area contributed by atoms with E-state index in [-0.39, 0.29) is 5.56 Å². The molecule has 1 aromatic carbocycles. The third-order valence-electron chi connectivity index (χ3n) is 1.77. The van der Waals surface area contributed by atoms with Crippen LogP contribution in [0.15, 0.2) is 12.1 Å². The monoisotopic (exact) mass is 226 g/mol. The van der Waals surface area contributed by atoms with Gasteiger partial charge >= 0.3 is 5.97 Å². The van der Waals surface area contributed by atoms with Gasteiger partial charge in [-0.15, -0.1) is 0 Å². The molecule has 0 amide bonds. The fourth-order valence-electron chi connectivity index (χ4n) is 1.05. The first-order valence-corrected chi connectivity index (χ1v) is 4.34. The molecule has 5 heteroatoms.